The second-order valence-electron chi connectivity index (χ2n) is 5.16. The lowest BCUT2D eigenvalue weighted by molar-refractivity contribution is 0.477. The van der Waals surface area contributed by atoms with Gasteiger partial charge in [0.25, 0.3) is 0 Å². The van der Waals surface area contributed by atoms with Crippen molar-refractivity contribution in [3.63, 3.8) is 0 Å². The van der Waals surface area contributed by atoms with Gasteiger partial charge in [0.15, 0.2) is 0 Å². The molecule has 1 unspecified atom stereocenters. The molecule has 3 rings (SSSR count). The van der Waals surface area contributed by atoms with E-state index in [9.17, 15) is 0 Å². The van der Waals surface area contributed by atoms with E-state index in [0.29, 0.717) is 12.0 Å². The third-order valence-electron chi connectivity index (χ3n) is 4.05. The number of hydrogen-bond donors (Lipinski definition) is 1. The molecule has 0 spiro atoms. The molecule has 102 valence electrons. The summed E-state index contributed by atoms with van der Waals surface area (Å²) in [5.41, 5.74) is 1.25. The maximum Gasteiger partial charge on any atom is 0.125 e. The van der Waals surface area contributed by atoms with Gasteiger partial charge in [-0.1, -0.05) is 19.9 Å². The molecular weight excluding hydrogens is 254 g/mol. The average Bonchev–Trinajstić information content (AvgIpc) is 3.08. The lowest BCUT2D eigenvalue weighted by atomic mass is 10.00. The zero-order chi connectivity index (χ0) is 13.2. The average molecular weight is 275 g/mol. The molecular formula is C15H21N3S. The maximum absolute atomic E-state index is 4.89. The highest BCUT2D eigenvalue weighted by atomic mass is 32.1. The standard InChI is InChI=1S/C15H21N3S/c1-3-11(4-2)12-10-15-16-8-7-13(18(15)17-12)14-6-5-9-19-14/h5-6,9-11,13,16H,3-4,7-8H2,1-2H3. The van der Waals surface area contributed by atoms with Gasteiger partial charge >= 0.3 is 0 Å². The molecule has 1 N–H and O–H groups in total. The second-order valence-corrected chi connectivity index (χ2v) is 6.14. The Morgan fingerprint density at radius 3 is 3.00 bits per heavy atom. The van der Waals surface area contributed by atoms with E-state index in [4.69, 9.17) is 5.10 Å². The zero-order valence-corrected chi connectivity index (χ0v) is 12.4. The summed E-state index contributed by atoms with van der Waals surface area (Å²) in [6, 6.07) is 7.02. The first kappa shape index (κ1) is 12.7. The van der Waals surface area contributed by atoms with Crippen LogP contribution in [0.15, 0.2) is 23.6 Å². The highest BCUT2D eigenvalue weighted by Gasteiger charge is 2.25. The fourth-order valence-corrected chi connectivity index (χ4v) is 3.74. The normalized spacial score (nSPS) is 18.4. The molecule has 1 aliphatic rings. The van der Waals surface area contributed by atoms with Crippen molar-refractivity contribution in [2.75, 3.05) is 11.9 Å². The smallest absolute Gasteiger partial charge is 0.125 e. The van der Waals surface area contributed by atoms with Gasteiger partial charge in [-0.05, 0) is 30.7 Å². The fourth-order valence-electron chi connectivity index (χ4n) is 2.89. The van der Waals surface area contributed by atoms with Crippen molar-refractivity contribution in [3.8, 4) is 0 Å². The van der Waals surface area contributed by atoms with E-state index >= 15 is 0 Å². The highest BCUT2D eigenvalue weighted by molar-refractivity contribution is 7.10. The SMILES string of the molecule is CCC(CC)c1cc2n(n1)C(c1cccs1)CCN2. The molecule has 0 aromatic carbocycles. The Hall–Kier alpha value is -1.29. The van der Waals surface area contributed by atoms with Gasteiger partial charge in [0.2, 0.25) is 0 Å². The third kappa shape index (κ3) is 2.29. The Morgan fingerprint density at radius 1 is 1.47 bits per heavy atom. The summed E-state index contributed by atoms with van der Waals surface area (Å²) in [6.07, 6.45) is 3.45. The summed E-state index contributed by atoms with van der Waals surface area (Å²) in [7, 11) is 0. The van der Waals surface area contributed by atoms with E-state index in [2.05, 4.69) is 47.4 Å². The van der Waals surface area contributed by atoms with E-state index < -0.39 is 0 Å². The Kier molecular flexibility index (Phi) is 3.60. The molecule has 1 aliphatic heterocycles. The molecule has 4 heteroatoms. The first-order valence-electron chi connectivity index (χ1n) is 7.20. The summed E-state index contributed by atoms with van der Waals surface area (Å²) in [5, 5.41) is 10.5. The van der Waals surface area contributed by atoms with E-state index in [-0.39, 0.29) is 0 Å². The van der Waals surface area contributed by atoms with Crippen LogP contribution < -0.4 is 5.32 Å². The zero-order valence-electron chi connectivity index (χ0n) is 11.6. The van der Waals surface area contributed by atoms with Crippen molar-refractivity contribution in [2.24, 2.45) is 0 Å². The fraction of sp³-hybridized carbons (Fsp3) is 0.533. The van der Waals surface area contributed by atoms with Crippen LogP contribution in [0.25, 0.3) is 0 Å². The minimum atomic E-state index is 0.416. The van der Waals surface area contributed by atoms with Gasteiger partial charge in [-0.3, -0.25) is 0 Å². The Morgan fingerprint density at radius 2 is 2.32 bits per heavy atom. The molecule has 0 fully saturated rings. The van der Waals surface area contributed by atoms with E-state index in [1.807, 2.05) is 11.3 Å². The third-order valence-corrected chi connectivity index (χ3v) is 5.02. The molecule has 2 aromatic rings. The Labute approximate surface area is 118 Å². The second kappa shape index (κ2) is 5.37. The monoisotopic (exact) mass is 275 g/mol. The molecule has 0 aliphatic carbocycles. The van der Waals surface area contributed by atoms with Crippen LogP contribution in [0.3, 0.4) is 0 Å². The molecule has 3 nitrogen and oxygen atoms in total. The summed E-state index contributed by atoms with van der Waals surface area (Å²) in [6.45, 7) is 5.53. The van der Waals surface area contributed by atoms with Gasteiger partial charge in [-0.2, -0.15) is 5.10 Å². The number of aromatic nitrogens is 2. The molecule has 0 saturated heterocycles. The van der Waals surface area contributed by atoms with Crippen molar-refractivity contribution in [2.45, 2.75) is 45.1 Å². The van der Waals surface area contributed by atoms with Gasteiger partial charge in [0.05, 0.1) is 11.7 Å². The van der Waals surface area contributed by atoms with Gasteiger partial charge in [-0.25, -0.2) is 4.68 Å². The predicted molar refractivity (Wildman–Crippen MR) is 81.1 cm³/mol. The maximum atomic E-state index is 4.89. The molecule has 19 heavy (non-hydrogen) atoms. The molecule has 2 aromatic heterocycles. The number of anilines is 1. The van der Waals surface area contributed by atoms with Crippen LogP contribution in [0.4, 0.5) is 5.82 Å². The van der Waals surface area contributed by atoms with Crippen molar-refractivity contribution >= 4 is 17.2 Å². The topological polar surface area (TPSA) is 29.9 Å². The molecule has 1 atom stereocenters. The molecule has 3 heterocycles. The lowest BCUT2D eigenvalue weighted by Gasteiger charge is -2.24. The van der Waals surface area contributed by atoms with Crippen molar-refractivity contribution in [3.05, 3.63) is 34.2 Å². The van der Waals surface area contributed by atoms with Crippen LogP contribution in [0.1, 0.15) is 55.6 Å². The van der Waals surface area contributed by atoms with Crippen LogP contribution >= 0.6 is 11.3 Å². The first-order valence-corrected chi connectivity index (χ1v) is 8.08. The van der Waals surface area contributed by atoms with Crippen LogP contribution in [0.2, 0.25) is 0 Å². The van der Waals surface area contributed by atoms with Crippen LogP contribution in [-0.2, 0) is 0 Å². The predicted octanol–water partition coefficient (Wildman–Crippen LogP) is 4.25. The van der Waals surface area contributed by atoms with Crippen LogP contribution in [0, 0.1) is 0 Å². The molecule has 0 radical (unpaired) electrons. The molecule has 0 amide bonds. The van der Waals surface area contributed by atoms with Crippen molar-refractivity contribution in [1.29, 1.82) is 0 Å². The van der Waals surface area contributed by atoms with Gasteiger partial charge in [-0.15, -0.1) is 11.3 Å². The minimum Gasteiger partial charge on any atom is -0.370 e. The van der Waals surface area contributed by atoms with E-state index in [1.165, 1.54) is 16.4 Å². The number of nitrogens with one attached hydrogen (secondary N) is 1. The summed E-state index contributed by atoms with van der Waals surface area (Å²) >= 11 is 1.83. The minimum absolute atomic E-state index is 0.416. The van der Waals surface area contributed by atoms with Crippen molar-refractivity contribution < 1.29 is 0 Å². The quantitative estimate of drug-likeness (QED) is 0.904. The van der Waals surface area contributed by atoms with Crippen LogP contribution in [-0.4, -0.2) is 16.3 Å². The van der Waals surface area contributed by atoms with Gasteiger partial charge in [0, 0.05) is 23.4 Å². The summed E-state index contributed by atoms with van der Waals surface area (Å²) in [5.74, 6) is 1.77. The largest absolute Gasteiger partial charge is 0.370 e. The van der Waals surface area contributed by atoms with E-state index in [1.54, 1.807) is 0 Å². The molecule has 0 saturated carbocycles. The first-order chi connectivity index (χ1) is 9.33. The Balaban J connectivity index is 1.96. The lowest BCUT2D eigenvalue weighted by Crippen LogP contribution is -2.23. The number of rotatable bonds is 4. The number of nitrogens with zero attached hydrogens (tertiary/aromatic N) is 2. The number of fused-ring (bicyclic) bond motifs is 1. The van der Waals surface area contributed by atoms with Gasteiger partial charge < -0.3 is 5.32 Å². The number of thiophene rings is 1. The van der Waals surface area contributed by atoms with E-state index in [0.717, 1.165) is 25.8 Å². The number of hydrogen-bond acceptors (Lipinski definition) is 3. The Bertz CT molecular complexity index is 526. The molecule has 0 bridgehead atoms. The van der Waals surface area contributed by atoms with Crippen LogP contribution in [0.5, 0.6) is 0 Å². The van der Waals surface area contributed by atoms with Gasteiger partial charge in [0.1, 0.15) is 5.82 Å². The summed E-state index contributed by atoms with van der Waals surface area (Å²) < 4.78 is 2.20. The highest BCUT2D eigenvalue weighted by Crippen LogP contribution is 2.34. The van der Waals surface area contributed by atoms with Crippen molar-refractivity contribution in [1.82, 2.24) is 9.78 Å². The summed E-state index contributed by atoms with van der Waals surface area (Å²) in [4.78, 5) is 1.42.